The number of carbonyl (C=O) groups excluding carboxylic acids is 1. The molecule has 8 nitrogen and oxygen atoms in total. The van der Waals surface area contributed by atoms with Crippen molar-refractivity contribution in [3.05, 3.63) is 35.9 Å². The van der Waals surface area contributed by atoms with E-state index in [1.54, 1.807) is 13.8 Å². The van der Waals surface area contributed by atoms with Crippen LogP contribution in [0.5, 0.6) is 5.88 Å². The van der Waals surface area contributed by atoms with Crippen LogP contribution in [-0.2, 0) is 14.6 Å². The van der Waals surface area contributed by atoms with E-state index in [1.165, 1.54) is 18.5 Å². The molecule has 2 aromatic rings. The lowest BCUT2D eigenvalue weighted by atomic mass is 10.1. The van der Waals surface area contributed by atoms with Gasteiger partial charge < -0.3 is 15.0 Å². The molecule has 0 unspecified atom stereocenters. The van der Waals surface area contributed by atoms with Crippen LogP contribution in [0.15, 0.2) is 29.4 Å². The zero-order valence-electron chi connectivity index (χ0n) is 17.9. The maximum Gasteiger partial charge on any atom is 0.221 e. The van der Waals surface area contributed by atoms with E-state index in [0.717, 1.165) is 44.8 Å². The maximum absolute atomic E-state index is 14.4. The first-order chi connectivity index (χ1) is 14.6. The predicted octanol–water partition coefficient (Wildman–Crippen LogP) is 2.89. The number of aromatic nitrogens is 2. The van der Waals surface area contributed by atoms with E-state index < -0.39 is 15.7 Å². The third-order valence-corrected chi connectivity index (χ3v) is 6.36. The van der Waals surface area contributed by atoms with Crippen molar-refractivity contribution in [1.82, 2.24) is 14.9 Å². The van der Waals surface area contributed by atoms with Crippen LogP contribution in [-0.4, -0.2) is 61.1 Å². The van der Waals surface area contributed by atoms with Gasteiger partial charge in [-0.25, -0.2) is 22.8 Å². The van der Waals surface area contributed by atoms with Gasteiger partial charge in [0.25, 0.3) is 0 Å². The van der Waals surface area contributed by atoms with Crippen LogP contribution < -0.4 is 10.1 Å². The van der Waals surface area contributed by atoms with E-state index in [1.807, 2.05) is 0 Å². The number of nitrogens with one attached hydrogen (secondary N) is 1. The Labute approximate surface area is 181 Å². The molecular weight excluding hydrogens is 423 g/mol. The number of piperidine rings is 1. The first-order valence-corrected chi connectivity index (χ1v) is 12.0. The number of ketones is 1. The van der Waals surface area contributed by atoms with Crippen molar-refractivity contribution < 1.29 is 22.3 Å². The van der Waals surface area contributed by atoms with Crippen LogP contribution in [0.1, 0.15) is 31.7 Å². The first kappa shape index (κ1) is 23.1. The molecule has 0 bridgehead atoms. The summed E-state index contributed by atoms with van der Waals surface area (Å²) >= 11 is 0. The van der Waals surface area contributed by atoms with E-state index in [2.05, 4.69) is 20.2 Å². The Morgan fingerprint density at radius 1 is 1.29 bits per heavy atom. The number of halogens is 1. The van der Waals surface area contributed by atoms with Gasteiger partial charge in [-0.05, 0) is 44.9 Å². The van der Waals surface area contributed by atoms with Gasteiger partial charge in [0.2, 0.25) is 5.88 Å². The standard InChI is InChI=1S/C21H27FN4O4S/c1-14(27)6-9-26-10-7-16(8-11-26)30-21-15(2)20(23-13-24-21)25-19-5-4-17(12-18(19)22)31(3,28)29/h4-5,12-13,16H,6-11H2,1-3H3,(H,23,24,25). The summed E-state index contributed by atoms with van der Waals surface area (Å²) in [4.78, 5) is 21.7. The van der Waals surface area contributed by atoms with E-state index >= 15 is 0 Å². The van der Waals surface area contributed by atoms with Crippen molar-refractivity contribution >= 4 is 27.1 Å². The monoisotopic (exact) mass is 450 g/mol. The number of sulfone groups is 1. The van der Waals surface area contributed by atoms with Crippen molar-refractivity contribution in [3.8, 4) is 5.88 Å². The molecule has 0 amide bonds. The van der Waals surface area contributed by atoms with Crippen LogP contribution in [0.2, 0.25) is 0 Å². The molecule has 10 heteroatoms. The van der Waals surface area contributed by atoms with Crippen molar-refractivity contribution in [2.24, 2.45) is 0 Å². The second-order valence-electron chi connectivity index (χ2n) is 7.80. The number of ether oxygens (including phenoxy) is 1. The van der Waals surface area contributed by atoms with Crippen molar-refractivity contribution in [1.29, 1.82) is 0 Å². The van der Waals surface area contributed by atoms with E-state index in [4.69, 9.17) is 4.74 Å². The SMILES string of the molecule is CC(=O)CCN1CCC(Oc2ncnc(Nc3ccc(S(C)(=O)=O)cc3F)c2C)CC1. The van der Waals surface area contributed by atoms with Gasteiger partial charge in [0, 0.05) is 32.3 Å². The van der Waals surface area contributed by atoms with Crippen LogP contribution in [0.4, 0.5) is 15.9 Å². The zero-order chi connectivity index (χ0) is 22.6. The summed E-state index contributed by atoms with van der Waals surface area (Å²) < 4.78 is 43.6. The summed E-state index contributed by atoms with van der Waals surface area (Å²) in [6.07, 6.45) is 4.59. The largest absolute Gasteiger partial charge is 0.474 e. The molecule has 1 aliphatic heterocycles. The lowest BCUT2D eigenvalue weighted by molar-refractivity contribution is -0.117. The number of hydrogen-bond donors (Lipinski definition) is 1. The Morgan fingerprint density at radius 3 is 2.61 bits per heavy atom. The van der Waals surface area contributed by atoms with Crippen molar-refractivity contribution in [2.75, 3.05) is 31.2 Å². The average Bonchev–Trinajstić information content (AvgIpc) is 2.71. The summed E-state index contributed by atoms with van der Waals surface area (Å²) in [5.41, 5.74) is 0.743. The summed E-state index contributed by atoms with van der Waals surface area (Å²) in [6.45, 7) is 5.86. The molecule has 1 aromatic carbocycles. The number of nitrogens with zero attached hydrogens (tertiary/aromatic N) is 3. The second kappa shape index (κ2) is 9.69. The molecule has 31 heavy (non-hydrogen) atoms. The first-order valence-electron chi connectivity index (χ1n) is 10.1. The smallest absolute Gasteiger partial charge is 0.221 e. The highest BCUT2D eigenvalue weighted by molar-refractivity contribution is 7.90. The number of Topliss-reactive ketones (excluding diaryl/α,β-unsaturated/α-hetero) is 1. The van der Waals surface area contributed by atoms with Gasteiger partial charge in [-0.15, -0.1) is 0 Å². The number of hydrogen-bond acceptors (Lipinski definition) is 8. The Balaban J connectivity index is 1.65. The molecular formula is C21H27FN4O4S. The van der Waals surface area contributed by atoms with Gasteiger partial charge in [-0.3, -0.25) is 4.79 Å². The Hall–Kier alpha value is -2.59. The quantitative estimate of drug-likeness (QED) is 0.655. The van der Waals surface area contributed by atoms with Gasteiger partial charge in [0.05, 0.1) is 16.1 Å². The molecule has 1 saturated heterocycles. The van der Waals surface area contributed by atoms with Gasteiger partial charge >= 0.3 is 0 Å². The normalized spacial score (nSPS) is 15.6. The minimum Gasteiger partial charge on any atom is -0.474 e. The fraction of sp³-hybridized carbons (Fsp3) is 0.476. The molecule has 3 rings (SSSR count). The number of anilines is 2. The highest BCUT2D eigenvalue weighted by atomic mass is 32.2. The van der Waals surface area contributed by atoms with Gasteiger partial charge in [-0.1, -0.05) is 0 Å². The molecule has 1 N–H and O–H groups in total. The van der Waals surface area contributed by atoms with E-state index in [0.29, 0.717) is 23.7 Å². The topological polar surface area (TPSA) is 101 Å². The van der Waals surface area contributed by atoms with E-state index in [-0.39, 0.29) is 22.5 Å². The lowest BCUT2D eigenvalue weighted by Crippen LogP contribution is -2.39. The molecule has 1 aromatic heterocycles. The van der Waals surface area contributed by atoms with Gasteiger partial charge in [0.1, 0.15) is 29.8 Å². The summed E-state index contributed by atoms with van der Waals surface area (Å²) in [7, 11) is -3.49. The zero-order valence-corrected chi connectivity index (χ0v) is 18.7. The molecule has 0 spiro atoms. The molecule has 0 aliphatic carbocycles. The minimum atomic E-state index is -3.49. The summed E-state index contributed by atoms with van der Waals surface area (Å²) in [5, 5.41) is 2.89. The van der Waals surface area contributed by atoms with Crippen molar-refractivity contribution in [3.63, 3.8) is 0 Å². The average molecular weight is 451 g/mol. The number of benzene rings is 1. The molecule has 0 atom stereocenters. The minimum absolute atomic E-state index is 0.000749. The number of likely N-dealkylation sites (tertiary alicyclic amines) is 1. The molecule has 1 aliphatic rings. The molecule has 168 valence electrons. The highest BCUT2D eigenvalue weighted by Crippen LogP contribution is 2.28. The highest BCUT2D eigenvalue weighted by Gasteiger charge is 2.22. The van der Waals surface area contributed by atoms with Crippen LogP contribution >= 0.6 is 0 Å². The van der Waals surface area contributed by atoms with Crippen LogP contribution in [0.3, 0.4) is 0 Å². The third-order valence-electron chi connectivity index (χ3n) is 5.25. The van der Waals surface area contributed by atoms with Gasteiger partial charge in [-0.2, -0.15) is 0 Å². The second-order valence-corrected chi connectivity index (χ2v) is 9.82. The van der Waals surface area contributed by atoms with Gasteiger partial charge in [0.15, 0.2) is 9.84 Å². The Bertz CT molecular complexity index is 1050. The van der Waals surface area contributed by atoms with E-state index in [9.17, 15) is 17.6 Å². The summed E-state index contributed by atoms with van der Waals surface area (Å²) in [6, 6.07) is 3.69. The fourth-order valence-electron chi connectivity index (χ4n) is 3.36. The van der Waals surface area contributed by atoms with Crippen LogP contribution in [0, 0.1) is 12.7 Å². The molecule has 1 fully saturated rings. The van der Waals surface area contributed by atoms with Crippen molar-refractivity contribution in [2.45, 2.75) is 44.1 Å². The Kier molecular flexibility index (Phi) is 7.22. The summed E-state index contributed by atoms with van der Waals surface area (Å²) in [5.74, 6) is 0.307. The molecule has 2 heterocycles. The maximum atomic E-state index is 14.4. The Morgan fingerprint density at radius 2 is 2.00 bits per heavy atom. The molecule has 0 radical (unpaired) electrons. The predicted molar refractivity (Wildman–Crippen MR) is 115 cm³/mol. The fourth-order valence-corrected chi connectivity index (χ4v) is 3.99. The molecule has 0 saturated carbocycles. The number of carbonyl (C=O) groups is 1. The number of rotatable bonds is 8. The third kappa shape index (κ3) is 6.20. The lowest BCUT2D eigenvalue weighted by Gasteiger charge is -2.31. The van der Waals surface area contributed by atoms with Crippen LogP contribution in [0.25, 0.3) is 0 Å².